The Morgan fingerprint density at radius 1 is 1.23 bits per heavy atom. The van der Waals surface area contributed by atoms with Gasteiger partial charge in [-0.1, -0.05) is 42.5 Å². The number of nitrogens with two attached hydrogens (primary N) is 1. The molecule has 0 unspecified atom stereocenters. The van der Waals surface area contributed by atoms with E-state index in [-0.39, 0.29) is 23.9 Å². The van der Waals surface area contributed by atoms with Gasteiger partial charge in [-0.15, -0.1) is 0 Å². The summed E-state index contributed by atoms with van der Waals surface area (Å²) in [6.07, 6.45) is 4.06. The van der Waals surface area contributed by atoms with Crippen LogP contribution in [0.3, 0.4) is 0 Å². The molecule has 0 saturated heterocycles. The third-order valence-corrected chi connectivity index (χ3v) is 2.69. The van der Waals surface area contributed by atoms with Gasteiger partial charge in [0.05, 0.1) is 0 Å². The third-order valence-electron chi connectivity index (χ3n) is 2.69. The fraction of sp³-hybridized carbons (Fsp3) is 0.214. The molecule has 4 N–H and O–H groups in total. The SMILES string of the molecule is Nc1nonc1C(=O)NCCNC/C=C/c1ccccc1.[Cl-]. The maximum absolute atomic E-state index is 11.6. The Morgan fingerprint density at radius 2 is 2.00 bits per heavy atom. The van der Waals surface area contributed by atoms with Gasteiger partial charge in [-0.05, 0) is 15.9 Å². The lowest BCUT2D eigenvalue weighted by molar-refractivity contribution is -0.0000132. The number of hydrogen-bond acceptors (Lipinski definition) is 6. The number of nitrogens with one attached hydrogen (secondary N) is 2. The summed E-state index contributed by atoms with van der Waals surface area (Å²) >= 11 is 0. The lowest BCUT2D eigenvalue weighted by atomic mass is 10.2. The van der Waals surface area contributed by atoms with E-state index in [2.05, 4.69) is 25.6 Å². The van der Waals surface area contributed by atoms with Crippen molar-refractivity contribution in [3.8, 4) is 0 Å². The molecular formula is C14H17ClN5O2-. The Labute approximate surface area is 134 Å². The quantitative estimate of drug-likeness (QED) is 0.495. The van der Waals surface area contributed by atoms with Gasteiger partial charge < -0.3 is 28.8 Å². The summed E-state index contributed by atoms with van der Waals surface area (Å²) in [6, 6.07) is 10.0. The second-order valence-electron chi connectivity index (χ2n) is 4.27. The number of hydrogen-bond donors (Lipinski definition) is 3. The van der Waals surface area contributed by atoms with E-state index in [1.807, 2.05) is 42.5 Å². The number of nitrogen functional groups attached to an aromatic ring is 1. The standard InChI is InChI=1S/C14H17N5O2.ClH/c15-13-12(18-21-19-13)14(20)17-10-9-16-8-4-7-11-5-2-1-3-6-11;/h1-7,16H,8-10H2,(H2,15,19)(H,17,20);1H/p-1/b7-4+;. The van der Waals surface area contributed by atoms with E-state index >= 15 is 0 Å². The average molecular weight is 323 g/mol. The minimum Gasteiger partial charge on any atom is -1.00 e. The van der Waals surface area contributed by atoms with E-state index in [1.165, 1.54) is 0 Å². The van der Waals surface area contributed by atoms with E-state index in [1.54, 1.807) is 0 Å². The predicted molar refractivity (Wildman–Crippen MR) is 79.4 cm³/mol. The molecule has 0 aliphatic heterocycles. The van der Waals surface area contributed by atoms with Crippen LogP contribution < -0.4 is 28.8 Å². The van der Waals surface area contributed by atoms with E-state index in [0.29, 0.717) is 13.1 Å². The first-order chi connectivity index (χ1) is 10.3. The summed E-state index contributed by atoms with van der Waals surface area (Å²) in [5.41, 5.74) is 6.58. The first-order valence-corrected chi connectivity index (χ1v) is 6.56. The van der Waals surface area contributed by atoms with Crippen LogP contribution in [-0.2, 0) is 0 Å². The number of halogens is 1. The number of rotatable bonds is 7. The zero-order valence-corrected chi connectivity index (χ0v) is 12.6. The van der Waals surface area contributed by atoms with Crippen molar-refractivity contribution in [2.45, 2.75) is 0 Å². The van der Waals surface area contributed by atoms with Crippen molar-refractivity contribution in [3.05, 3.63) is 47.7 Å². The normalized spacial score (nSPS) is 10.4. The zero-order chi connectivity index (χ0) is 14.9. The van der Waals surface area contributed by atoms with Crippen molar-refractivity contribution in [2.24, 2.45) is 0 Å². The molecule has 2 aromatic rings. The lowest BCUT2D eigenvalue weighted by Crippen LogP contribution is -3.00. The second-order valence-corrected chi connectivity index (χ2v) is 4.27. The van der Waals surface area contributed by atoms with Crippen molar-refractivity contribution in [1.29, 1.82) is 0 Å². The van der Waals surface area contributed by atoms with Crippen LogP contribution in [-0.4, -0.2) is 35.9 Å². The number of anilines is 1. The molecule has 0 atom stereocenters. The van der Waals surface area contributed by atoms with Gasteiger partial charge in [0.2, 0.25) is 11.5 Å². The Kier molecular flexibility index (Phi) is 7.66. The summed E-state index contributed by atoms with van der Waals surface area (Å²) in [7, 11) is 0. The molecule has 0 aliphatic carbocycles. The molecule has 8 heteroatoms. The molecule has 1 aromatic carbocycles. The largest absolute Gasteiger partial charge is 1.00 e. The number of nitrogens with zero attached hydrogens (tertiary/aromatic N) is 2. The van der Waals surface area contributed by atoms with Crippen molar-refractivity contribution >= 4 is 17.8 Å². The minimum atomic E-state index is -0.393. The smallest absolute Gasteiger partial charge is 0.277 e. The molecule has 22 heavy (non-hydrogen) atoms. The molecule has 7 nitrogen and oxygen atoms in total. The highest BCUT2D eigenvalue weighted by Crippen LogP contribution is 2.02. The lowest BCUT2D eigenvalue weighted by Gasteiger charge is -2.03. The van der Waals surface area contributed by atoms with Crippen LogP contribution in [0.1, 0.15) is 16.1 Å². The van der Waals surface area contributed by atoms with Crippen LogP contribution in [0, 0.1) is 0 Å². The van der Waals surface area contributed by atoms with Crippen molar-refractivity contribution in [3.63, 3.8) is 0 Å². The van der Waals surface area contributed by atoms with E-state index in [0.717, 1.165) is 12.1 Å². The van der Waals surface area contributed by atoms with Gasteiger partial charge in [0.25, 0.3) is 5.91 Å². The summed E-state index contributed by atoms with van der Waals surface area (Å²) in [4.78, 5) is 11.6. The van der Waals surface area contributed by atoms with Crippen LogP contribution >= 0.6 is 0 Å². The highest BCUT2D eigenvalue weighted by Gasteiger charge is 2.14. The van der Waals surface area contributed by atoms with Gasteiger partial charge in [-0.3, -0.25) is 4.79 Å². The van der Waals surface area contributed by atoms with Crippen molar-refractivity contribution in [2.75, 3.05) is 25.4 Å². The third kappa shape index (κ3) is 5.55. The summed E-state index contributed by atoms with van der Waals surface area (Å²) in [5, 5.41) is 12.6. The first kappa shape index (κ1) is 17.7. The molecule has 0 bridgehead atoms. The van der Waals surface area contributed by atoms with E-state index in [9.17, 15) is 4.79 Å². The Balaban J connectivity index is 0.00000242. The van der Waals surface area contributed by atoms with Gasteiger partial charge >= 0.3 is 0 Å². The van der Waals surface area contributed by atoms with Gasteiger partial charge in [0, 0.05) is 19.6 Å². The Hall–Kier alpha value is -2.38. The number of carbonyl (C=O) groups excluding carboxylic acids is 1. The monoisotopic (exact) mass is 322 g/mol. The summed E-state index contributed by atoms with van der Waals surface area (Å²) in [6.45, 7) is 1.82. The maximum Gasteiger partial charge on any atom is 0.277 e. The van der Waals surface area contributed by atoms with E-state index in [4.69, 9.17) is 5.73 Å². The van der Waals surface area contributed by atoms with Crippen molar-refractivity contribution < 1.29 is 21.8 Å². The van der Waals surface area contributed by atoms with Crippen LogP contribution in [0.5, 0.6) is 0 Å². The molecule has 0 saturated carbocycles. The zero-order valence-electron chi connectivity index (χ0n) is 11.8. The van der Waals surface area contributed by atoms with Crippen molar-refractivity contribution in [1.82, 2.24) is 20.9 Å². The topological polar surface area (TPSA) is 106 Å². The molecule has 0 fully saturated rings. The Bertz CT molecular complexity index is 600. The summed E-state index contributed by atoms with van der Waals surface area (Å²) < 4.78 is 4.36. The molecule has 1 heterocycles. The second kappa shape index (κ2) is 9.54. The fourth-order valence-corrected chi connectivity index (χ4v) is 1.65. The molecule has 118 valence electrons. The van der Waals surface area contributed by atoms with Crippen LogP contribution in [0.15, 0.2) is 41.0 Å². The molecule has 2 rings (SSSR count). The van der Waals surface area contributed by atoms with Gasteiger partial charge in [-0.25, -0.2) is 4.63 Å². The predicted octanol–water partition coefficient (Wildman–Crippen LogP) is -2.31. The Morgan fingerprint density at radius 3 is 2.68 bits per heavy atom. The number of carbonyl (C=O) groups is 1. The van der Waals surface area contributed by atoms with E-state index < -0.39 is 5.91 Å². The van der Waals surface area contributed by atoms with Gasteiger partial charge in [-0.2, -0.15) is 0 Å². The molecule has 0 spiro atoms. The molecular weight excluding hydrogens is 306 g/mol. The van der Waals surface area contributed by atoms with Crippen LogP contribution in [0.2, 0.25) is 0 Å². The molecule has 1 amide bonds. The van der Waals surface area contributed by atoms with Crippen LogP contribution in [0.4, 0.5) is 5.82 Å². The molecule has 0 aliphatic rings. The fourth-order valence-electron chi connectivity index (χ4n) is 1.65. The number of benzene rings is 1. The highest BCUT2D eigenvalue weighted by molar-refractivity contribution is 5.95. The summed E-state index contributed by atoms with van der Waals surface area (Å²) in [5.74, 6) is -0.401. The first-order valence-electron chi connectivity index (χ1n) is 6.56. The van der Waals surface area contributed by atoms with Gasteiger partial charge in [0.1, 0.15) is 0 Å². The molecule has 1 aromatic heterocycles. The number of amides is 1. The average Bonchev–Trinajstić information content (AvgIpc) is 2.93. The molecule has 0 radical (unpaired) electrons. The number of aromatic nitrogens is 2. The van der Waals surface area contributed by atoms with Crippen LogP contribution in [0.25, 0.3) is 6.08 Å². The van der Waals surface area contributed by atoms with Gasteiger partial charge in [0.15, 0.2) is 0 Å². The minimum absolute atomic E-state index is 0. The maximum atomic E-state index is 11.6. The highest BCUT2D eigenvalue weighted by atomic mass is 35.5.